The summed E-state index contributed by atoms with van der Waals surface area (Å²) in [5, 5.41) is 36.9. The summed E-state index contributed by atoms with van der Waals surface area (Å²) in [5.41, 5.74) is 5.57. The van der Waals surface area contributed by atoms with E-state index in [2.05, 4.69) is 0 Å². The minimum absolute atomic E-state index is 0.610. The molecular formula is C8H17NO6. The van der Waals surface area contributed by atoms with Crippen LogP contribution in [0.15, 0.2) is 0 Å². The Kier molecular flexibility index (Phi) is 4.41. The molecule has 0 spiro atoms. The summed E-state index contributed by atoms with van der Waals surface area (Å²) >= 11 is 0. The highest BCUT2D eigenvalue weighted by Gasteiger charge is 2.46. The predicted molar refractivity (Wildman–Crippen MR) is 48.8 cm³/mol. The first kappa shape index (κ1) is 12.8. The molecule has 0 amide bonds. The maximum absolute atomic E-state index is 9.54. The summed E-state index contributed by atoms with van der Waals surface area (Å²) in [7, 11) is 1.33. The molecule has 1 aliphatic heterocycles. The van der Waals surface area contributed by atoms with Crippen molar-refractivity contribution in [3.05, 3.63) is 0 Å². The fourth-order valence-corrected chi connectivity index (χ4v) is 1.53. The minimum Gasteiger partial charge on any atom is -0.394 e. The molecule has 6 atom stereocenters. The molecule has 0 unspecified atom stereocenters. The Balaban J connectivity index is 2.64. The van der Waals surface area contributed by atoms with Crippen LogP contribution in [-0.4, -0.2) is 70.9 Å². The van der Waals surface area contributed by atoms with E-state index in [0.29, 0.717) is 0 Å². The Morgan fingerprint density at radius 1 is 1.47 bits per heavy atom. The second kappa shape index (κ2) is 5.17. The van der Waals surface area contributed by atoms with Crippen LogP contribution >= 0.6 is 0 Å². The first-order valence-electron chi connectivity index (χ1n) is 4.61. The average Bonchev–Trinajstić information content (AvgIpc) is 2.54. The quantitative estimate of drug-likeness (QED) is 0.339. The van der Waals surface area contributed by atoms with Gasteiger partial charge in [0.25, 0.3) is 0 Å². The lowest BCUT2D eigenvalue weighted by molar-refractivity contribution is -0.175. The number of ether oxygens (including phenoxy) is 2. The maximum atomic E-state index is 9.54. The van der Waals surface area contributed by atoms with Crippen molar-refractivity contribution >= 4 is 0 Å². The standard InChI is InChI=1S/C8H17NO6/c1-14-8-6(13)4(9)7(15-8)5(12)3(11)2-10/h3-8,10-13H,2,9H2,1H3/t3-,4-,5-,6-,7-,8+/m1/s1. The topological polar surface area (TPSA) is 125 Å². The van der Waals surface area contributed by atoms with Crippen molar-refractivity contribution in [2.45, 2.75) is 36.7 Å². The SMILES string of the molecule is CO[C@H]1O[C@@H]([C@H](O)[C@H](O)CO)[C@H](N)[C@H]1O. The zero-order valence-electron chi connectivity index (χ0n) is 8.35. The molecule has 0 saturated carbocycles. The largest absolute Gasteiger partial charge is 0.394 e. The van der Waals surface area contributed by atoms with Crippen molar-refractivity contribution in [3.63, 3.8) is 0 Å². The van der Waals surface area contributed by atoms with Gasteiger partial charge >= 0.3 is 0 Å². The minimum atomic E-state index is -1.36. The Morgan fingerprint density at radius 2 is 2.07 bits per heavy atom. The molecule has 1 fully saturated rings. The Hall–Kier alpha value is -0.280. The van der Waals surface area contributed by atoms with Crippen LogP contribution in [0.4, 0.5) is 0 Å². The van der Waals surface area contributed by atoms with E-state index in [9.17, 15) is 15.3 Å². The van der Waals surface area contributed by atoms with Gasteiger partial charge in [0, 0.05) is 7.11 Å². The van der Waals surface area contributed by atoms with Crippen molar-refractivity contribution in [2.24, 2.45) is 5.73 Å². The number of aliphatic hydroxyl groups excluding tert-OH is 4. The van der Waals surface area contributed by atoms with Gasteiger partial charge in [0.2, 0.25) is 0 Å². The molecule has 7 nitrogen and oxygen atoms in total. The van der Waals surface area contributed by atoms with Crippen LogP contribution < -0.4 is 5.73 Å². The molecule has 0 radical (unpaired) electrons. The van der Waals surface area contributed by atoms with Gasteiger partial charge in [0.15, 0.2) is 6.29 Å². The van der Waals surface area contributed by atoms with Crippen LogP contribution in [0.5, 0.6) is 0 Å². The molecule has 0 aliphatic carbocycles. The predicted octanol–water partition coefficient (Wildman–Crippen LogP) is -3.24. The Morgan fingerprint density at radius 3 is 2.47 bits per heavy atom. The third kappa shape index (κ3) is 2.45. The molecule has 0 bridgehead atoms. The highest BCUT2D eigenvalue weighted by Crippen LogP contribution is 2.23. The van der Waals surface area contributed by atoms with E-state index in [4.69, 9.17) is 20.3 Å². The molecule has 1 saturated heterocycles. The zero-order valence-corrected chi connectivity index (χ0v) is 8.35. The highest BCUT2D eigenvalue weighted by atomic mass is 16.7. The van der Waals surface area contributed by atoms with Crippen LogP contribution in [0.2, 0.25) is 0 Å². The van der Waals surface area contributed by atoms with Gasteiger partial charge in [-0.3, -0.25) is 0 Å². The van der Waals surface area contributed by atoms with E-state index in [1.807, 2.05) is 0 Å². The second-order valence-electron chi connectivity index (χ2n) is 3.51. The van der Waals surface area contributed by atoms with Crippen LogP contribution in [0, 0.1) is 0 Å². The lowest BCUT2D eigenvalue weighted by atomic mass is 10.0. The lowest BCUT2D eigenvalue weighted by Gasteiger charge is -2.24. The van der Waals surface area contributed by atoms with E-state index < -0.39 is 43.4 Å². The fraction of sp³-hybridized carbons (Fsp3) is 1.00. The molecule has 1 rings (SSSR count). The summed E-state index contributed by atoms with van der Waals surface area (Å²) in [6.45, 7) is -0.610. The summed E-state index contributed by atoms with van der Waals surface area (Å²) in [4.78, 5) is 0. The van der Waals surface area contributed by atoms with Gasteiger partial charge in [-0.05, 0) is 0 Å². The van der Waals surface area contributed by atoms with Crippen LogP contribution in [-0.2, 0) is 9.47 Å². The number of hydrogen-bond acceptors (Lipinski definition) is 7. The molecule has 6 N–H and O–H groups in total. The first-order valence-corrected chi connectivity index (χ1v) is 4.61. The molecule has 0 aromatic heterocycles. The monoisotopic (exact) mass is 223 g/mol. The smallest absolute Gasteiger partial charge is 0.185 e. The summed E-state index contributed by atoms with van der Waals surface area (Å²) < 4.78 is 9.88. The van der Waals surface area contributed by atoms with Crippen molar-refractivity contribution in [1.29, 1.82) is 0 Å². The molecule has 15 heavy (non-hydrogen) atoms. The summed E-state index contributed by atoms with van der Waals surface area (Å²) in [5.74, 6) is 0. The average molecular weight is 223 g/mol. The number of nitrogens with two attached hydrogens (primary N) is 1. The molecular weight excluding hydrogens is 206 g/mol. The number of hydrogen-bond donors (Lipinski definition) is 5. The Labute approximate surface area is 87.0 Å². The Bertz CT molecular complexity index is 204. The van der Waals surface area contributed by atoms with Crippen molar-refractivity contribution in [1.82, 2.24) is 0 Å². The molecule has 7 heteroatoms. The van der Waals surface area contributed by atoms with Crippen LogP contribution in [0.3, 0.4) is 0 Å². The molecule has 1 aliphatic rings. The van der Waals surface area contributed by atoms with Crippen LogP contribution in [0.25, 0.3) is 0 Å². The zero-order chi connectivity index (χ0) is 11.6. The molecule has 90 valence electrons. The number of methoxy groups -OCH3 is 1. The van der Waals surface area contributed by atoms with Crippen LogP contribution in [0.1, 0.15) is 0 Å². The summed E-state index contributed by atoms with van der Waals surface area (Å²) in [6, 6.07) is -0.869. The number of rotatable bonds is 4. The molecule has 0 aromatic carbocycles. The first-order chi connectivity index (χ1) is 7.02. The van der Waals surface area contributed by atoms with Gasteiger partial charge in [-0.2, -0.15) is 0 Å². The van der Waals surface area contributed by atoms with Crippen molar-refractivity contribution in [3.8, 4) is 0 Å². The molecule has 1 heterocycles. The van der Waals surface area contributed by atoms with Gasteiger partial charge in [-0.1, -0.05) is 0 Å². The third-order valence-electron chi connectivity index (χ3n) is 2.49. The lowest BCUT2D eigenvalue weighted by Crippen LogP contribution is -2.50. The van der Waals surface area contributed by atoms with Gasteiger partial charge < -0.3 is 35.6 Å². The molecule has 0 aromatic rings. The second-order valence-corrected chi connectivity index (χ2v) is 3.51. The normalized spacial score (nSPS) is 40.4. The fourth-order valence-electron chi connectivity index (χ4n) is 1.53. The van der Waals surface area contributed by atoms with E-state index >= 15 is 0 Å². The van der Waals surface area contributed by atoms with Gasteiger partial charge in [-0.15, -0.1) is 0 Å². The van der Waals surface area contributed by atoms with E-state index in [-0.39, 0.29) is 0 Å². The van der Waals surface area contributed by atoms with E-state index in [0.717, 1.165) is 0 Å². The van der Waals surface area contributed by atoms with Gasteiger partial charge in [-0.25, -0.2) is 0 Å². The highest BCUT2D eigenvalue weighted by molar-refractivity contribution is 4.95. The third-order valence-corrected chi connectivity index (χ3v) is 2.49. The maximum Gasteiger partial charge on any atom is 0.185 e. The van der Waals surface area contributed by atoms with Crippen molar-refractivity contribution < 1.29 is 29.9 Å². The summed E-state index contributed by atoms with van der Waals surface area (Å²) in [6.07, 6.45) is -5.68. The number of aliphatic hydroxyl groups is 4. The van der Waals surface area contributed by atoms with Gasteiger partial charge in [0.1, 0.15) is 24.4 Å². The van der Waals surface area contributed by atoms with E-state index in [1.165, 1.54) is 7.11 Å². The van der Waals surface area contributed by atoms with Gasteiger partial charge in [0.05, 0.1) is 12.6 Å². The van der Waals surface area contributed by atoms with E-state index in [1.54, 1.807) is 0 Å². The van der Waals surface area contributed by atoms with Crippen molar-refractivity contribution in [2.75, 3.05) is 13.7 Å².